The van der Waals surface area contributed by atoms with E-state index >= 15 is 0 Å². The molecule has 1 fully saturated rings. The van der Waals surface area contributed by atoms with Gasteiger partial charge in [0.25, 0.3) is 5.91 Å². The van der Waals surface area contributed by atoms with Gasteiger partial charge >= 0.3 is 0 Å². The maximum atomic E-state index is 12.9. The topological polar surface area (TPSA) is 69.0 Å². The summed E-state index contributed by atoms with van der Waals surface area (Å²) < 4.78 is 7.30. The quantitative estimate of drug-likeness (QED) is 0.746. The van der Waals surface area contributed by atoms with Gasteiger partial charge in [0.15, 0.2) is 5.65 Å². The lowest BCUT2D eigenvalue weighted by atomic mass is 10.1. The summed E-state index contributed by atoms with van der Waals surface area (Å²) in [4.78, 5) is 17.5. The minimum atomic E-state index is -0.136. The maximum Gasteiger partial charge on any atom is 0.252 e. The number of para-hydroxylation sites is 1. The molecule has 1 saturated heterocycles. The molecule has 0 aliphatic carbocycles. The molecule has 0 unspecified atom stereocenters. The molecule has 7 heteroatoms. The number of rotatable bonds is 4. The fraction of sp³-hybridized carbons (Fsp3) is 0.350. The van der Waals surface area contributed by atoms with E-state index in [1.54, 1.807) is 10.7 Å². The minimum Gasteiger partial charge on any atom is -0.376 e. The molecule has 4 rings (SSSR count). The van der Waals surface area contributed by atoms with E-state index in [4.69, 9.17) is 16.3 Å². The van der Waals surface area contributed by atoms with Crippen LogP contribution in [0.3, 0.4) is 0 Å². The number of ether oxygens (including phenoxy) is 1. The Hall–Kier alpha value is -2.44. The van der Waals surface area contributed by atoms with E-state index in [1.807, 2.05) is 38.1 Å². The molecule has 3 aromatic rings. The Morgan fingerprint density at radius 2 is 2.19 bits per heavy atom. The molecular weight excluding hydrogens is 364 g/mol. The van der Waals surface area contributed by atoms with Gasteiger partial charge in [0.1, 0.15) is 0 Å². The van der Waals surface area contributed by atoms with Crippen molar-refractivity contribution in [1.29, 1.82) is 0 Å². The number of carbonyl (C=O) groups excluding carboxylic acids is 1. The summed E-state index contributed by atoms with van der Waals surface area (Å²) in [6.45, 7) is 5.03. The van der Waals surface area contributed by atoms with Crippen LogP contribution < -0.4 is 5.32 Å². The first kappa shape index (κ1) is 17.9. The molecule has 0 bridgehead atoms. The number of benzene rings is 1. The molecule has 1 aliphatic heterocycles. The molecule has 27 heavy (non-hydrogen) atoms. The van der Waals surface area contributed by atoms with Crippen molar-refractivity contribution in [2.45, 2.75) is 32.8 Å². The van der Waals surface area contributed by atoms with Crippen LogP contribution in [0.1, 0.15) is 34.6 Å². The van der Waals surface area contributed by atoms with E-state index in [2.05, 4.69) is 15.4 Å². The number of aromatic nitrogens is 3. The van der Waals surface area contributed by atoms with Gasteiger partial charge in [0.05, 0.1) is 33.5 Å². The van der Waals surface area contributed by atoms with Crippen molar-refractivity contribution in [3.63, 3.8) is 0 Å². The smallest absolute Gasteiger partial charge is 0.252 e. The van der Waals surface area contributed by atoms with Gasteiger partial charge in [0.2, 0.25) is 0 Å². The first-order valence-corrected chi connectivity index (χ1v) is 9.44. The highest BCUT2D eigenvalue weighted by Gasteiger charge is 2.22. The van der Waals surface area contributed by atoms with Gasteiger partial charge in [-0.2, -0.15) is 5.10 Å². The van der Waals surface area contributed by atoms with Crippen molar-refractivity contribution in [2.24, 2.45) is 0 Å². The predicted octanol–water partition coefficient (Wildman–Crippen LogP) is 3.60. The number of hydrogen-bond donors (Lipinski definition) is 1. The monoisotopic (exact) mass is 384 g/mol. The summed E-state index contributed by atoms with van der Waals surface area (Å²) >= 11 is 6.35. The highest BCUT2D eigenvalue weighted by molar-refractivity contribution is 6.32. The number of aryl methyl sites for hydroxylation is 2. The summed E-state index contributed by atoms with van der Waals surface area (Å²) in [5.41, 5.74) is 3.42. The molecule has 3 heterocycles. The second-order valence-electron chi connectivity index (χ2n) is 6.80. The fourth-order valence-electron chi connectivity index (χ4n) is 3.49. The van der Waals surface area contributed by atoms with Crippen LogP contribution in [0.15, 0.2) is 30.3 Å². The SMILES string of the molecule is Cc1cc(C(=O)NC[C@@H]2CCCO2)c2c(C)nn(-c3ccccc3Cl)c2n1. The molecule has 1 aromatic carbocycles. The van der Waals surface area contributed by atoms with Crippen LogP contribution in [0.2, 0.25) is 5.02 Å². The highest BCUT2D eigenvalue weighted by Crippen LogP contribution is 2.28. The van der Waals surface area contributed by atoms with Gasteiger partial charge in [-0.1, -0.05) is 23.7 Å². The fourth-order valence-corrected chi connectivity index (χ4v) is 3.71. The van der Waals surface area contributed by atoms with Crippen LogP contribution in [0.25, 0.3) is 16.7 Å². The van der Waals surface area contributed by atoms with Gasteiger partial charge in [-0.15, -0.1) is 0 Å². The van der Waals surface area contributed by atoms with E-state index in [1.165, 1.54) is 0 Å². The lowest BCUT2D eigenvalue weighted by Gasteiger charge is -2.12. The molecule has 1 amide bonds. The second-order valence-corrected chi connectivity index (χ2v) is 7.21. The Labute approximate surface area is 162 Å². The van der Waals surface area contributed by atoms with Crippen molar-refractivity contribution in [1.82, 2.24) is 20.1 Å². The number of fused-ring (bicyclic) bond motifs is 1. The number of nitrogens with zero attached hydrogens (tertiary/aromatic N) is 3. The van der Waals surface area contributed by atoms with Crippen molar-refractivity contribution in [3.05, 3.63) is 52.3 Å². The summed E-state index contributed by atoms with van der Waals surface area (Å²) in [5.74, 6) is -0.136. The number of halogens is 1. The van der Waals surface area contributed by atoms with Crippen LogP contribution >= 0.6 is 11.6 Å². The van der Waals surface area contributed by atoms with Gasteiger partial charge in [0, 0.05) is 18.8 Å². The van der Waals surface area contributed by atoms with Crippen LogP contribution in [0.5, 0.6) is 0 Å². The van der Waals surface area contributed by atoms with Gasteiger partial charge in [-0.3, -0.25) is 4.79 Å². The molecular formula is C20H21ClN4O2. The molecule has 0 radical (unpaired) electrons. The standard InChI is InChI=1S/C20H21ClN4O2/c1-12-10-15(20(26)22-11-14-6-5-9-27-14)18-13(2)24-25(19(18)23-12)17-8-4-3-7-16(17)21/h3-4,7-8,10,14H,5-6,9,11H2,1-2H3,(H,22,26)/t14-/m0/s1. The highest BCUT2D eigenvalue weighted by atomic mass is 35.5. The zero-order chi connectivity index (χ0) is 19.0. The zero-order valence-corrected chi connectivity index (χ0v) is 16.1. The molecule has 0 spiro atoms. The lowest BCUT2D eigenvalue weighted by molar-refractivity contribution is 0.0859. The van der Waals surface area contributed by atoms with Crippen LogP contribution in [0.4, 0.5) is 0 Å². The number of amides is 1. The predicted molar refractivity (Wildman–Crippen MR) is 105 cm³/mol. The van der Waals surface area contributed by atoms with E-state index < -0.39 is 0 Å². The number of carbonyl (C=O) groups is 1. The largest absolute Gasteiger partial charge is 0.376 e. The average Bonchev–Trinajstić information content (AvgIpc) is 3.28. The lowest BCUT2D eigenvalue weighted by Crippen LogP contribution is -2.32. The van der Waals surface area contributed by atoms with Gasteiger partial charge < -0.3 is 10.1 Å². The van der Waals surface area contributed by atoms with E-state index in [9.17, 15) is 4.79 Å². The van der Waals surface area contributed by atoms with Crippen molar-refractivity contribution < 1.29 is 9.53 Å². The Kier molecular flexibility index (Phi) is 4.85. The van der Waals surface area contributed by atoms with Crippen molar-refractivity contribution in [3.8, 4) is 5.69 Å². The Morgan fingerprint density at radius 3 is 2.93 bits per heavy atom. The van der Waals surface area contributed by atoms with Crippen molar-refractivity contribution >= 4 is 28.5 Å². The maximum absolute atomic E-state index is 12.9. The Balaban J connectivity index is 1.76. The average molecular weight is 385 g/mol. The number of pyridine rings is 1. The van der Waals surface area contributed by atoms with Crippen molar-refractivity contribution in [2.75, 3.05) is 13.2 Å². The third kappa shape index (κ3) is 3.42. The molecule has 1 N–H and O–H groups in total. The van der Waals surface area contributed by atoms with E-state index in [0.717, 1.165) is 41.9 Å². The Morgan fingerprint density at radius 1 is 1.37 bits per heavy atom. The Bertz CT molecular complexity index is 1010. The minimum absolute atomic E-state index is 0.0966. The summed E-state index contributed by atoms with van der Waals surface area (Å²) in [6.07, 6.45) is 2.12. The molecule has 0 saturated carbocycles. The first-order chi connectivity index (χ1) is 13.0. The van der Waals surface area contributed by atoms with Gasteiger partial charge in [-0.25, -0.2) is 9.67 Å². The third-order valence-corrected chi connectivity index (χ3v) is 5.10. The number of hydrogen-bond acceptors (Lipinski definition) is 4. The molecule has 2 aromatic heterocycles. The van der Waals surface area contributed by atoms with E-state index in [0.29, 0.717) is 22.8 Å². The van der Waals surface area contributed by atoms with Crippen LogP contribution in [0, 0.1) is 13.8 Å². The molecule has 1 aliphatic rings. The zero-order valence-electron chi connectivity index (χ0n) is 15.3. The molecule has 6 nitrogen and oxygen atoms in total. The van der Waals surface area contributed by atoms with E-state index in [-0.39, 0.29) is 12.0 Å². The summed E-state index contributed by atoms with van der Waals surface area (Å²) in [6, 6.07) is 9.26. The van der Waals surface area contributed by atoms with Crippen LogP contribution in [-0.2, 0) is 4.74 Å². The first-order valence-electron chi connectivity index (χ1n) is 9.06. The molecule has 1 atom stereocenters. The molecule has 140 valence electrons. The van der Waals surface area contributed by atoms with Crippen LogP contribution in [-0.4, -0.2) is 39.9 Å². The number of nitrogens with one attached hydrogen (secondary N) is 1. The second kappa shape index (κ2) is 7.29. The third-order valence-electron chi connectivity index (χ3n) is 4.78. The summed E-state index contributed by atoms with van der Waals surface area (Å²) in [7, 11) is 0. The normalized spacial score (nSPS) is 16.8. The van der Waals surface area contributed by atoms with Gasteiger partial charge in [-0.05, 0) is 44.9 Å². The summed E-state index contributed by atoms with van der Waals surface area (Å²) in [5, 5.41) is 8.92.